The van der Waals surface area contributed by atoms with Crippen molar-refractivity contribution < 1.29 is 0 Å². The van der Waals surface area contributed by atoms with Crippen LogP contribution < -0.4 is 10.6 Å². The van der Waals surface area contributed by atoms with E-state index in [2.05, 4.69) is 83.5 Å². The summed E-state index contributed by atoms with van der Waals surface area (Å²) in [7, 11) is 0. The molecule has 6 aromatic rings. The molecule has 0 bridgehead atoms. The maximum Gasteiger partial charge on any atom is 0.233 e. The number of aliphatic imine (C=N–C) groups is 1. The standard InChI is InChI=1S/C29H20IN7S2/c30-20-13-11-19(12-14-20)18-31-23-15-16-24-25(17-23)38-29(34-24)39-28-36-26(32-21-7-3-1-4-8-21)35-27(37-28)33-22-9-5-2-6-10-22/h1-18H,(H2,32,33,35,36,37). The minimum atomic E-state index is 0.450. The second-order valence-corrected chi connectivity index (χ2v) is 11.8. The average Bonchev–Trinajstić information content (AvgIpc) is 3.35. The van der Waals surface area contributed by atoms with Gasteiger partial charge in [-0.05, 0) is 94.5 Å². The molecule has 2 N–H and O–H groups in total. The summed E-state index contributed by atoms with van der Waals surface area (Å²) < 4.78 is 3.09. The van der Waals surface area contributed by atoms with Gasteiger partial charge < -0.3 is 10.6 Å². The van der Waals surface area contributed by atoms with Crippen molar-refractivity contribution in [3.8, 4) is 0 Å². The molecule has 0 unspecified atom stereocenters. The molecule has 0 aliphatic carbocycles. The summed E-state index contributed by atoms with van der Waals surface area (Å²) in [6.45, 7) is 0. The molecular weight excluding hydrogens is 637 g/mol. The Labute approximate surface area is 247 Å². The molecule has 7 nitrogen and oxygen atoms in total. The largest absolute Gasteiger partial charge is 0.324 e. The van der Waals surface area contributed by atoms with E-state index in [1.54, 1.807) is 11.3 Å². The summed E-state index contributed by atoms with van der Waals surface area (Å²) in [5.74, 6) is 0.899. The molecule has 39 heavy (non-hydrogen) atoms. The lowest BCUT2D eigenvalue weighted by Gasteiger charge is -2.09. The minimum Gasteiger partial charge on any atom is -0.324 e. The van der Waals surface area contributed by atoms with Crippen LogP contribution in [0, 0.1) is 3.57 Å². The van der Waals surface area contributed by atoms with Crippen molar-refractivity contribution >= 4 is 91.1 Å². The van der Waals surface area contributed by atoms with Crippen LogP contribution >= 0.6 is 45.7 Å². The SMILES string of the molecule is Ic1ccc(C=Nc2ccc3nc(Sc4nc(Nc5ccccc5)nc(Nc5ccccc5)n4)sc3c2)cc1. The third-order valence-electron chi connectivity index (χ3n) is 5.44. The first-order valence-corrected chi connectivity index (χ1v) is 14.7. The minimum absolute atomic E-state index is 0.450. The Balaban J connectivity index is 1.26. The van der Waals surface area contributed by atoms with Gasteiger partial charge in [0, 0.05) is 21.2 Å². The van der Waals surface area contributed by atoms with Crippen molar-refractivity contribution in [2.75, 3.05) is 10.6 Å². The second-order valence-electron chi connectivity index (χ2n) is 8.29. The maximum atomic E-state index is 4.79. The Morgan fingerprint density at radius 2 is 1.36 bits per heavy atom. The highest BCUT2D eigenvalue weighted by Gasteiger charge is 2.13. The van der Waals surface area contributed by atoms with Gasteiger partial charge in [-0.25, -0.2) is 4.98 Å². The van der Waals surface area contributed by atoms with Gasteiger partial charge in [-0.2, -0.15) is 15.0 Å². The van der Waals surface area contributed by atoms with Crippen molar-refractivity contribution in [3.05, 3.63) is 112 Å². The number of hydrogen-bond donors (Lipinski definition) is 2. The number of nitrogens with zero attached hydrogens (tertiary/aromatic N) is 5. The van der Waals surface area contributed by atoms with Crippen molar-refractivity contribution in [2.24, 2.45) is 4.99 Å². The van der Waals surface area contributed by atoms with E-state index in [-0.39, 0.29) is 0 Å². The molecule has 2 heterocycles. The Morgan fingerprint density at radius 1 is 0.718 bits per heavy atom. The topological polar surface area (TPSA) is 88.0 Å². The third-order valence-corrected chi connectivity index (χ3v) is 8.10. The molecule has 0 saturated carbocycles. The number of fused-ring (bicyclic) bond motifs is 1. The number of halogens is 1. The van der Waals surface area contributed by atoms with E-state index >= 15 is 0 Å². The first-order chi connectivity index (χ1) is 19.2. The van der Waals surface area contributed by atoms with Crippen molar-refractivity contribution in [3.63, 3.8) is 0 Å². The molecule has 0 fully saturated rings. The van der Waals surface area contributed by atoms with Crippen molar-refractivity contribution in [1.29, 1.82) is 0 Å². The fraction of sp³-hybridized carbons (Fsp3) is 0. The lowest BCUT2D eigenvalue weighted by atomic mass is 10.2. The van der Waals surface area contributed by atoms with Gasteiger partial charge in [0.2, 0.25) is 17.1 Å². The monoisotopic (exact) mass is 657 g/mol. The van der Waals surface area contributed by atoms with Gasteiger partial charge in [0.15, 0.2) is 4.34 Å². The number of thiazole rings is 1. The average molecular weight is 658 g/mol. The van der Waals surface area contributed by atoms with Crippen molar-refractivity contribution in [2.45, 2.75) is 9.50 Å². The van der Waals surface area contributed by atoms with E-state index in [4.69, 9.17) is 4.98 Å². The fourth-order valence-electron chi connectivity index (χ4n) is 3.61. The smallest absolute Gasteiger partial charge is 0.233 e. The van der Waals surface area contributed by atoms with E-state index in [1.165, 1.54) is 15.3 Å². The highest BCUT2D eigenvalue weighted by molar-refractivity contribution is 14.1. The third kappa shape index (κ3) is 6.77. The lowest BCUT2D eigenvalue weighted by molar-refractivity contribution is 0.919. The van der Waals surface area contributed by atoms with Gasteiger partial charge in [-0.1, -0.05) is 48.5 Å². The Kier molecular flexibility index (Phi) is 7.75. The second kappa shape index (κ2) is 11.9. The number of hydrogen-bond acceptors (Lipinski definition) is 9. The zero-order valence-corrected chi connectivity index (χ0v) is 24.1. The summed E-state index contributed by atoms with van der Waals surface area (Å²) in [5, 5.41) is 7.08. The lowest BCUT2D eigenvalue weighted by Crippen LogP contribution is -2.05. The first kappa shape index (κ1) is 25.4. The molecule has 0 spiro atoms. The predicted molar refractivity (Wildman–Crippen MR) is 169 cm³/mol. The number of benzene rings is 4. The molecular formula is C29H20IN7S2. The molecule has 6 rings (SSSR count). The number of rotatable bonds is 8. The highest BCUT2D eigenvalue weighted by Crippen LogP contribution is 2.35. The van der Waals surface area contributed by atoms with Crippen LogP contribution in [0.5, 0.6) is 0 Å². The number of nitrogens with one attached hydrogen (secondary N) is 2. The molecule has 0 aliphatic heterocycles. The van der Waals surface area contributed by atoms with Gasteiger partial charge in [0.05, 0.1) is 15.9 Å². The Morgan fingerprint density at radius 3 is 2.00 bits per heavy atom. The quantitative estimate of drug-likeness (QED) is 0.125. The molecule has 190 valence electrons. The number of anilines is 4. The van der Waals surface area contributed by atoms with E-state index < -0.39 is 0 Å². The summed E-state index contributed by atoms with van der Waals surface area (Å²) in [6, 6.07) is 33.9. The molecule has 0 radical (unpaired) electrons. The van der Waals surface area contributed by atoms with Crippen molar-refractivity contribution in [1.82, 2.24) is 19.9 Å². The molecule has 0 amide bonds. The van der Waals surface area contributed by atoms with Crippen LogP contribution in [-0.4, -0.2) is 26.2 Å². The van der Waals surface area contributed by atoms with Crippen LogP contribution in [0.4, 0.5) is 29.0 Å². The van der Waals surface area contributed by atoms with E-state index in [0.717, 1.165) is 37.2 Å². The van der Waals surface area contributed by atoms with Crippen LogP contribution in [0.2, 0.25) is 0 Å². The molecule has 0 saturated heterocycles. The first-order valence-electron chi connectivity index (χ1n) is 11.9. The Hall–Kier alpha value is -3.87. The zero-order valence-electron chi connectivity index (χ0n) is 20.3. The molecule has 4 aromatic carbocycles. The van der Waals surface area contributed by atoms with E-state index in [1.807, 2.05) is 79.0 Å². The van der Waals surface area contributed by atoms with Gasteiger partial charge >= 0.3 is 0 Å². The predicted octanol–water partition coefficient (Wildman–Crippen LogP) is 8.47. The zero-order chi connectivity index (χ0) is 26.4. The van der Waals surface area contributed by atoms with E-state index in [0.29, 0.717) is 17.1 Å². The molecule has 0 atom stereocenters. The summed E-state index contributed by atoms with van der Waals surface area (Å²) >= 11 is 5.29. The normalized spacial score (nSPS) is 11.2. The van der Waals surface area contributed by atoms with Gasteiger partial charge in [-0.3, -0.25) is 4.99 Å². The van der Waals surface area contributed by atoms with Crippen LogP contribution in [0.3, 0.4) is 0 Å². The van der Waals surface area contributed by atoms with E-state index in [9.17, 15) is 0 Å². The van der Waals surface area contributed by atoms with Crippen LogP contribution in [-0.2, 0) is 0 Å². The van der Waals surface area contributed by atoms with Crippen LogP contribution in [0.25, 0.3) is 10.2 Å². The number of para-hydroxylation sites is 2. The Bertz CT molecular complexity index is 1680. The molecule has 2 aromatic heterocycles. The summed E-state index contributed by atoms with van der Waals surface area (Å²) in [6.07, 6.45) is 1.88. The maximum absolute atomic E-state index is 4.79. The van der Waals surface area contributed by atoms with Gasteiger partial charge in [0.1, 0.15) is 0 Å². The van der Waals surface area contributed by atoms with Crippen LogP contribution in [0.1, 0.15) is 5.56 Å². The number of aromatic nitrogens is 4. The molecule has 0 aliphatic rings. The van der Waals surface area contributed by atoms with Gasteiger partial charge in [0.25, 0.3) is 0 Å². The highest BCUT2D eigenvalue weighted by atomic mass is 127. The molecule has 10 heteroatoms. The summed E-state index contributed by atoms with van der Waals surface area (Å²) in [5.41, 5.74) is 4.64. The van der Waals surface area contributed by atoms with Gasteiger partial charge in [-0.15, -0.1) is 11.3 Å². The summed E-state index contributed by atoms with van der Waals surface area (Å²) in [4.78, 5) is 23.3. The fourth-order valence-corrected chi connectivity index (χ4v) is 5.92. The van der Waals surface area contributed by atoms with Crippen LogP contribution in [0.15, 0.2) is 118 Å².